The molecular formula is C10H19N3O3S. The molecule has 0 fully saturated rings. The lowest BCUT2D eigenvalue weighted by atomic mass is 10.3. The van der Waals surface area contributed by atoms with Crippen molar-refractivity contribution in [2.24, 2.45) is 0 Å². The molecule has 7 heteroatoms. The van der Waals surface area contributed by atoms with E-state index >= 15 is 0 Å². The molecule has 6 nitrogen and oxygen atoms in total. The summed E-state index contributed by atoms with van der Waals surface area (Å²) < 4.78 is 26.0. The summed E-state index contributed by atoms with van der Waals surface area (Å²) in [5, 5.41) is 15.5. The average molecular weight is 261 g/mol. The summed E-state index contributed by atoms with van der Waals surface area (Å²) in [6, 6.07) is -0.145. The van der Waals surface area contributed by atoms with Gasteiger partial charge in [-0.15, -0.1) is 0 Å². The van der Waals surface area contributed by atoms with Crippen molar-refractivity contribution in [2.75, 3.05) is 6.54 Å². The van der Waals surface area contributed by atoms with E-state index in [-0.39, 0.29) is 17.7 Å². The lowest BCUT2D eigenvalue weighted by Gasteiger charge is -2.23. The number of aliphatic hydroxyl groups excluding tert-OH is 1. The molecule has 0 spiro atoms. The van der Waals surface area contributed by atoms with E-state index in [0.29, 0.717) is 17.8 Å². The van der Waals surface area contributed by atoms with Gasteiger partial charge < -0.3 is 5.11 Å². The molecule has 1 rings (SSSR count). The predicted octanol–water partition coefficient (Wildman–Crippen LogP) is 0.629. The Morgan fingerprint density at radius 2 is 2.06 bits per heavy atom. The highest BCUT2D eigenvalue weighted by Gasteiger charge is 2.30. The first kappa shape index (κ1) is 14.1. The van der Waals surface area contributed by atoms with Gasteiger partial charge in [0.2, 0.25) is 0 Å². The molecule has 1 aromatic rings. The van der Waals surface area contributed by atoms with Gasteiger partial charge in [-0.3, -0.25) is 5.10 Å². The van der Waals surface area contributed by atoms with Crippen LogP contribution in [0.5, 0.6) is 0 Å². The van der Waals surface area contributed by atoms with Crippen molar-refractivity contribution in [1.29, 1.82) is 0 Å². The molecule has 0 saturated carbocycles. The van der Waals surface area contributed by atoms with Crippen LogP contribution in [0.2, 0.25) is 0 Å². The van der Waals surface area contributed by atoms with E-state index in [0.717, 1.165) is 0 Å². The third kappa shape index (κ3) is 2.51. The molecule has 2 N–H and O–H groups in total. The van der Waals surface area contributed by atoms with Crippen molar-refractivity contribution in [3.05, 3.63) is 11.3 Å². The van der Waals surface area contributed by atoms with E-state index in [1.165, 1.54) is 4.31 Å². The van der Waals surface area contributed by atoms with Gasteiger partial charge in [0, 0.05) is 23.8 Å². The molecule has 0 unspecified atom stereocenters. The molecule has 1 heterocycles. The highest BCUT2D eigenvalue weighted by atomic mass is 32.2. The second kappa shape index (κ2) is 5.16. The standard InChI is InChI=1S/C10H19N3O3S/c1-5-13(7(2)3)17(15,16)10-9(6-14)8(4)11-12-10/h7,14H,5-6H2,1-4H3,(H,11,12). The fourth-order valence-electron chi connectivity index (χ4n) is 1.75. The number of sulfonamides is 1. The Balaban J connectivity index is 3.30. The van der Waals surface area contributed by atoms with Crippen LogP contribution in [0.1, 0.15) is 32.0 Å². The van der Waals surface area contributed by atoms with E-state index in [9.17, 15) is 13.5 Å². The van der Waals surface area contributed by atoms with Crippen LogP contribution in [-0.2, 0) is 16.6 Å². The second-order valence-corrected chi connectivity index (χ2v) is 5.90. The third-order valence-electron chi connectivity index (χ3n) is 2.63. The van der Waals surface area contributed by atoms with Crippen LogP contribution in [0.4, 0.5) is 0 Å². The summed E-state index contributed by atoms with van der Waals surface area (Å²) in [6.45, 7) is 7.10. The Morgan fingerprint density at radius 3 is 2.47 bits per heavy atom. The second-order valence-electron chi connectivity index (χ2n) is 4.09. The molecule has 0 amide bonds. The van der Waals surface area contributed by atoms with Crippen molar-refractivity contribution in [1.82, 2.24) is 14.5 Å². The molecule has 1 aromatic heterocycles. The van der Waals surface area contributed by atoms with E-state index in [1.54, 1.807) is 27.7 Å². The molecule has 0 aliphatic carbocycles. The van der Waals surface area contributed by atoms with Crippen molar-refractivity contribution in [2.45, 2.75) is 45.4 Å². The summed E-state index contributed by atoms with van der Waals surface area (Å²) in [4.78, 5) is 0. The summed E-state index contributed by atoms with van der Waals surface area (Å²) >= 11 is 0. The number of hydrogen-bond acceptors (Lipinski definition) is 4. The Labute approximate surface area is 102 Å². The Hall–Kier alpha value is -0.920. The van der Waals surface area contributed by atoms with Crippen LogP contribution in [-0.4, -0.2) is 40.6 Å². The number of H-pyrrole nitrogens is 1. The smallest absolute Gasteiger partial charge is 0.262 e. The number of rotatable bonds is 5. The van der Waals surface area contributed by atoms with Crippen LogP contribution in [0.3, 0.4) is 0 Å². The normalized spacial score (nSPS) is 12.6. The van der Waals surface area contributed by atoms with Crippen molar-refractivity contribution in [3.8, 4) is 0 Å². The zero-order chi connectivity index (χ0) is 13.2. The van der Waals surface area contributed by atoms with E-state index in [2.05, 4.69) is 10.2 Å². The number of aromatic nitrogens is 2. The SMILES string of the molecule is CCN(C(C)C)S(=O)(=O)c1n[nH]c(C)c1CO. The summed E-state index contributed by atoms with van der Waals surface area (Å²) in [5.74, 6) is 0. The highest BCUT2D eigenvalue weighted by molar-refractivity contribution is 7.89. The van der Waals surface area contributed by atoms with Gasteiger partial charge in [-0.1, -0.05) is 6.92 Å². The van der Waals surface area contributed by atoms with Crippen LogP contribution < -0.4 is 0 Å². The molecule has 0 aliphatic rings. The molecule has 98 valence electrons. The zero-order valence-electron chi connectivity index (χ0n) is 10.6. The average Bonchev–Trinajstić information content (AvgIpc) is 2.59. The van der Waals surface area contributed by atoms with E-state index in [1.807, 2.05) is 0 Å². The Bertz CT molecular complexity index is 479. The first-order valence-corrected chi connectivity index (χ1v) is 6.96. The number of nitrogens with one attached hydrogen (secondary N) is 1. The molecule has 0 aromatic carbocycles. The largest absolute Gasteiger partial charge is 0.392 e. The van der Waals surface area contributed by atoms with Gasteiger partial charge in [-0.25, -0.2) is 8.42 Å². The minimum Gasteiger partial charge on any atom is -0.392 e. The number of aromatic amines is 1. The van der Waals surface area contributed by atoms with Gasteiger partial charge in [0.25, 0.3) is 10.0 Å². The van der Waals surface area contributed by atoms with Crippen LogP contribution in [0.25, 0.3) is 0 Å². The fraction of sp³-hybridized carbons (Fsp3) is 0.700. The Kier molecular flexibility index (Phi) is 4.29. The van der Waals surface area contributed by atoms with Gasteiger partial charge in [0.1, 0.15) is 0 Å². The van der Waals surface area contributed by atoms with Crippen LogP contribution >= 0.6 is 0 Å². The summed E-state index contributed by atoms with van der Waals surface area (Å²) in [6.07, 6.45) is 0. The van der Waals surface area contributed by atoms with Gasteiger partial charge in [0.15, 0.2) is 5.03 Å². The highest BCUT2D eigenvalue weighted by Crippen LogP contribution is 2.21. The molecule has 0 aliphatic heterocycles. The topological polar surface area (TPSA) is 86.3 Å². The van der Waals surface area contributed by atoms with Crippen LogP contribution in [0.15, 0.2) is 5.03 Å². The van der Waals surface area contributed by atoms with Crippen molar-refractivity contribution >= 4 is 10.0 Å². The maximum atomic E-state index is 12.3. The Morgan fingerprint density at radius 1 is 1.47 bits per heavy atom. The summed E-state index contributed by atoms with van der Waals surface area (Å²) in [7, 11) is -3.64. The quantitative estimate of drug-likeness (QED) is 0.814. The molecular weight excluding hydrogens is 242 g/mol. The van der Waals surface area contributed by atoms with Gasteiger partial charge in [0.05, 0.1) is 6.61 Å². The van der Waals surface area contributed by atoms with Crippen molar-refractivity contribution < 1.29 is 13.5 Å². The van der Waals surface area contributed by atoms with Gasteiger partial charge in [-0.05, 0) is 20.8 Å². The van der Waals surface area contributed by atoms with E-state index in [4.69, 9.17) is 0 Å². The lowest BCUT2D eigenvalue weighted by molar-refractivity contribution is 0.276. The molecule has 0 bridgehead atoms. The summed E-state index contributed by atoms with van der Waals surface area (Å²) in [5.41, 5.74) is 0.912. The number of aliphatic hydroxyl groups is 1. The maximum Gasteiger partial charge on any atom is 0.262 e. The molecule has 0 saturated heterocycles. The minimum atomic E-state index is -3.64. The first-order valence-electron chi connectivity index (χ1n) is 5.52. The zero-order valence-corrected chi connectivity index (χ0v) is 11.4. The van der Waals surface area contributed by atoms with Crippen molar-refractivity contribution in [3.63, 3.8) is 0 Å². The third-order valence-corrected chi connectivity index (χ3v) is 4.76. The van der Waals surface area contributed by atoms with Crippen LogP contribution in [0, 0.1) is 6.92 Å². The van der Waals surface area contributed by atoms with Gasteiger partial charge in [-0.2, -0.15) is 9.40 Å². The number of nitrogens with zero attached hydrogens (tertiary/aromatic N) is 2. The van der Waals surface area contributed by atoms with E-state index < -0.39 is 10.0 Å². The number of hydrogen-bond donors (Lipinski definition) is 2. The minimum absolute atomic E-state index is 0.0759. The first-order chi connectivity index (χ1) is 7.86. The maximum absolute atomic E-state index is 12.3. The molecule has 0 radical (unpaired) electrons. The predicted molar refractivity (Wildman–Crippen MR) is 63.9 cm³/mol. The monoisotopic (exact) mass is 261 g/mol. The lowest BCUT2D eigenvalue weighted by Crippen LogP contribution is -2.37. The molecule has 0 atom stereocenters. The molecule has 17 heavy (non-hydrogen) atoms. The van der Waals surface area contributed by atoms with Gasteiger partial charge >= 0.3 is 0 Å². The fourth-order valence-corrected chi connectivity index (χ4v) is 3.56. The number of aryl methyl sites for hydroxylation is 1.